The van der Waals surface area contributed by atoms with Crippen molar-refractivity contribution in [2.75, 3.05) is 24.5 Å². The summed E-state index contributed by atoms with van der Waals surface area (Å²) in [5, 5.41) is 0. The Labute approximate surface area is 206 Å². The van der Waals surface area contributed by atoms with Crippen LogP contribution in [0.4, 0.5) is 5.69 Å². The minimum absolute atomic E-state index is 0.112. The molecule has 0 radical (unpaired) electrons. The molecule has 0 aliphatic carbocycles. The van der Waals surface area contributed by atoms with Gasteiger partial charge in [0.15, 0.2) is 0 Å². The van der Waals surface area contributed by atoms with E-state index in [9.17, 15) is 4.79 Å². The van der Waals surface area contributed by atoms with Crippen LogP contribution in [0.5, 0.6) is 5.75 Å². The summed E-state index contributed by atoms with van der Waals surface area (Å²) in [6.07, 6.45) is 3.84. The zero-order chi connectivity index (χ0) is 24.5. The highest BCUT2D eigenvalue weighted by Gasteiger charge is 2.29. The highest BCUT2D eigenvalue weighted by Crippen LogP contribution is 2.27. The number of hydrogen-bond donors (Lipinski definition) is 1. The highest BCUT2D eigenvalue weighted by atomic mass is 16.5. The number of amides is 1. The molecule has 1 fully saturated rings. The van der Waals surface area contributed by atoms with Crippen molar-refractivity contribution in [2.24, 2.45) is 17.6 Å². The summed E-state index contributed by atoms with van der Waals surface area (Å²) in [7, 11) is 0. The SMILES string of the molecule is CC(C)CCN(c1ccc(OCc2ccccc2)cc1)C1CCN(C(=O)[C@@H](N)CC(C)C)CC1. The van der Waals surface area contributed by atoms with Gasteiger partial charge < -0.3 is 20.3 Å². The number of carbonyl (C=O) groups is 1. The Kier molecular flexibility index (Phi) is 9.82. The van der Waals surface area contributed by atoms with Gasteiger partial charge in [-0.05, 0) is 67.3 Å². The number of nitrogens with zero attached hydrogens (tertiary/aromatic N) is 2. The number of hydrogen-bond acceptors (Lipinski definition) is 4. The predicted molar refractivity (Wildman–Crippen MR) is 141 cm³/mol. The standard InChI is InChI=1S/C29H43N3O2/c1-22(2)14-19-32(26-15-17-31(18-16-26)29(33)28(30)20-23(3)4)25-10-12-27(13-11-25)34-21-24-8-6-5-7-9-24/h5-13,22-23,26,28H,14-21,30H2,1-4H3/t28-/m0/s1. The zero-order valence-corrected chi connectivity index (χ0v) is 21.5. The lowest BCUT2D eigenvalue weighted by Gasteiger charge is -2.41. The average Bonchev–Trinajstić information content (AvgIpc) is 2.83. The molecule has 1 atom stereocenters. The summed E-state index contributed by atoms with van der Waals surface area (Å²) in [5.74, 6) is 2.08. The van der Waals surface area contributed by atoms with Gasteiger partial charge in [0.05, 0.1) is 6.04 Å². The second-order valence-electron chi connectivity index (χ2n) is 10.4. The van der Waals surface area contributed by atoms with Crippen LogP contribution < -0.4 is 15.4 Å². The number of nitrogens with two attached hydrogens (primary N) is 1. The second kappa shape index (κ2) is 12.8. The quantitative estimate of drug-likeness (QED) is 0.477. The van der Waals surface area contributed by atoms with Crippen LogP contribution in [0.3, 0.4) is 0 Å². The van der Waals surface area contributed by atoms with Gasteiger partial charge in [-0.3, -0.25) is 4.79 Å². The molecule has 1 amide bonds. The first-order chi connectivity index (χ1) is 16.3. The van der Waals surface area contributed by atoms with E-state index in [2.05, 4.69) is 69.0 Å². The van der Waals surface area contributed by atoms with Gasteiger partial charge in [-0.25, -0.2) is 0 Å². The molecule has 34 heavy (non-hydrogen) atoms. The lowest BCUT2D eigenvalue weighted by Crippen LogP contribution is -2.51. The second-order valence-corrected chi connectivity index (χ2v) is 10.4. The average molecular weight is 466 g/mol. The third-order valence-electron chi connectivity index (χ3n) is 6.62. The van der Waals surface area contributed by atoms with E-state index in [-0.39, 0.29) is 11.9 Å². The van der Waals surface area contributed by atoms with Crippen molar-refractivity contribution in [3.8, 4) is 5.75 Å². The van der Waals surface area contributed by atoms with Crippen LogP contribution >= 0.6 is 0 Å². The molecule has 2 N–H and O–H groups in total. The molecule has 1 saturated heterocycles. The van der Waals surface area contributed by atoms with E-state index >= 15 is 0 Å². The van der Waals surface area contributed by atoms with E-state index < -0.39 is 0 Å². The molecule has 1 heterocycles. The predicted octanol–water partition coefficient (Wildman–Crippen LogP) is 5.48. The Morgan fingerprint density at radius 3 is 2.24 bits per heavy atom. The summed E-state index contributed by atoms with van der Waals surface area (Å²) in [6, 6.07) is 18.8. The van der Waals surface area contributed by atoms with E-state index in [1.165, 1.54) is 11.3 Å². The molecule has 5 nitrogen and oxygen atoms in total. The van der Waals surface area contributed by atoms with E-state index in [0.717, 1.165) is 51.1 Å². The van der Waals surface area contributed by atoms with Gasteiger partial charge in [0, 0.05) is 31.4 Å². The van der Waals surface area contributed by atoms with Crippen molar-refractivity contribution < 1.29 is 9.53 Å². The van der Waals surface area contributed by atoms with Gasteiger partial charge in [0.1, 0.15) is 12.4 Å². The van der Waals surface area contributed by atoms with E-state index in [1.807, 2.05) is 23.1 Å². The third kappa shape index (κ3) is 7.76. The Morgan fingerprint density at radius 1 is 1.00 bits per heavy atom. The Bertz CT molecular complexity index is 859. The minimum atomic E-state index is -0.378. The number of likely N-dealkylation sites (tertiary alicyclic amines) is 1. The molecule has 0 unspecified atom stereocenters. The maximum absolute atomic E-state index is 12.8. The maximum Gasteiger partial charge on any atom is 0.239 e. The number of carbonyl (C=O) groups excluding carboxylic acids is 1. The highest BCUT2D eigenvalue weighted by molar-refractivity contribution is 5.81. The van der Waals surface area contributed by atoms with E-state index in [4.69, 9.17) is 10.5 Å². The van der Waals surface area contributed by atoms with Crippen LogP contribution in [-0.2, 0) is 11.4 Å². The molecule has 186 valence electrons. The number of ether oxygens (including phenoxy) is 1. The van der Waals surface area contributed by atoms with E-state index in [1.54, 1.807) is 0 Å². The number of rotatable bonds is 11. The molecular weight excluding hydrogens is 422 g/mol. The molecule has 0 bridgehead atoms. The van der Waals surface area contributed by atoms with Crippen molar-refractivity contribution in [1.82, 2.24) is 4.90 Å². The van der Waals surface area contributed by atoms with Crippen LogP contribution in [0.1, 0.15) is 58.9 Å². The van der Waals surface area contributed by atoms with Crippen LogP contribution in [0.2, 0.25) is 0 Å². The lowest BCUT2D eigenvalue weighted by molar-refractivity contribution is -0.134. The molecule has 3 rings (SSSR count). The molecule has 1 aliphatic rings. The molecule has 2 aromatic rings. The summed E-state index contributed by atoms with van der Waals surface area (Å²) >= 11 is 0. The normalized spacial score (nSPS) is 15.6. The first kappa shape index (κ1) is 26.1. The molecule has 1 aliphatic heterocycles. The fourth-order valence-electron chi connectivity index (χ4n) is 4.64. The van der Waals surface area contributed by atoms with Gasteiger partial charge >= 0.3 is 0 Å². The van der Waals surface area contributed by atoms with Crippen LogP contribution in [0.25, 0.3) is 0 Å². The number of piperidine rings is 1. The van der Waals surface area contributed by atoms with Crippen molar-refractivity contribution in [3.05, 3.63) is 60.2 Å². The monoisotopic (exact) mass is 465 g/mol. The summed E-state index contributed by atoms with van der Waals surface area (Å²) in [5.41, 5.74) is 8.57. The molecule has 0 saturated carbocycles. The van der Waals surface area contributed by atoms with Crippen molar-refractivity contribution in [1.29, 1.82) is 0 Å². The van der Waals surface area contributed by atoms with Gasteiger partial charge in [-0.1, -0.05) is 58.0 Å². The Balaban J connectivity index is 1.61. The summed E-state index contributed by atoms with van der Waals surface area (Å²) in [4.78, 5) is 17.3. The summed E-state index contributed by atoms with van der Waals surface area (Å²) < 4.78 is 5.99. The van der Waals surface area contributed by atoms with Crippen molar-refractivity contribution in [3.63, 3.8) is 0 Å². The molecular formula is C29H43N3O2. The Hall–Kier alpha value is -2.53. The van der Waals surface area contributed by atoms with Gasteiger partial charge in [-0.2, -0.15) is 0 Å². The lowest BCUT2D eigenvalue weighted by atomic mass is 9.98. The first-order valence-corrected chi connectivity index (χ1v) is 12.9. The number of anilines is 1. The van der Waals surface area contributed by atoms with Gasteiger partial charge in [0.2, 0.25) is 5.91 Å². The van der Waals surface area contributed by atoms with Crippen LogP contribution in [-0.4, -0.2) is 42.5 Å². The fraction of sp³-hybridized carbons (Fsp3) is 0.552. The molecule has 0 aromatic heterocycles. The maximum atomic E-state index is 12.8. The number of benzene rings is 2. The van der Waals surface area contributed by atoms with Gasteiger partial charge in [0.25, 0.3) is 0 Å². The van der Waals surface area contributed by atoms with Gasteiger partial charge in [-0.15, -0.1) is 0 Å². The van der Waals surface area contributed by atoms with Crippen LogP contribution in [0, 0.1) is 11.8 Å². The zero-order valence-electron chi connectivity index (χ0n) is 21.5. The molecule has 2 aromatic carbocycles. The fourth-order valence-corrected chi connectivity index (χ4v) is 4.64. The first-order valence-electron chi connectivity index (χ1n) is 12.9. The Morgan fingerprint density at radius 2 is 1.65 bits per heavy atom. The third-order valence-corrected chi connectivity index (χ3v) is 6.62. The topological polar surface area (TPSA) is 58.8 Å². The smallest absolute Gasteiger partial charge is 0.239 e. The molecule has 5 heteroatoms. The van der Waals surface area contributed by atoms with E-state index in [0.29, 0.717) is 24.5 Å². The summed E-state index contributed by atoms with van der Waals surface area (Å²) in [6.45, 7) is 11.9. The van der Waals surface area contributed by atoms with Crippen LogP contribution in [0.15, 0.2) is 54.6 Å². The molecule has 0 spiro atoms. The largest absolute Gasteiger partial charge is 0.489 e. The van der Waals surface area contributed by atoms with Crippen molar-refractivity contribution >= 4 is 11.6 Å². The minimum Gasteiger partial charge on any atom is -0.489 e. The van der Waals surface area contributed by atoms with Crippen molar-refractivity contribution in [2.45, 2.75) is 72.1 Å².